The lowest BCUT2D eigenvalue weighted by Crippen LogP contribution is -2.49. The Labute approximate surface area is 110 Å². The maximum Gasteiger partial charge on any atom is 0.407 e. The lowest BCUT2D eigenvalue weighted by molar-refractivity contribution is -0.161. The topological polar surface area (TPSA) is 76.1 Å². The molecule has 0 saturated carbocycles. The number of carbonyl (C=O) groups excluding carboxylic acids is 1. The first kappa shape index (κ1) is 13.4. The van der Waals surface area contributed by atoms with Gasteiger partial charge in [-0.3, -0.25) is 9.69 Å². The summed E-state index contributed by atoms with van der Waals surface area (Å²) in [6, 6.07) is 9.58. The highest BCUT2D eigenvalue weighted by atomic mass is 16.6. The average molecular weight is 265 g/mol. The Morgan fingerprint density at radius 2 is 2.16 bits per heavy atom. The minimum absolute atomic E-state index is 0.149. The third kappa shape index (κ3) is 3.96. The summed E-state index contributed by atoms with van der Waals surface area (Å²) in [4.78, 5) is 23.1. The van der Waals surface area contributed by atoms with E-state index in [1.54, 1.807) is 0 Å². The van der Waals surface area contributed by atoms with E-state index in [-0.39, 0.29) is 19.7 Å². The number of benzene rings is 1. The molecular weight excluding hydrogens is 250 g/mol. The lowest BCUT2D eigenvalue weighted by Gasteiger charge is -2.29. The van der Waals surface area contributed by atoms with E-state index in [2.05, 4.69) is 0 Å². The Hall–Kier alpha value is -2.08. The molecule has 0 radical (unpaired) electrons. The van der Waals surface area contributed by atoms with Gasteiger partial charge in [0.15, 0.2) is 0 Å². The molecule has 1 atom stereocenters. The van der Waals surface area contributed by atoms with Crippen LogP contribution in [0, 0.1) is 0 Å². The number of morpholine rings is 1. The van der Waals surface area contributed by atoms with Gasteiger partial charge in [-0.25, -0.2) is 4.79 Å². The number of carbonyl (C=O) groups is 2. The number of esters is 1. The summed E-state index contributed by atoms with van der Waals surface area (Å²) in [5.41, 5.74) is 1.01. The summed E-state index contributed by atoms with van der Waals surface area (Å²) in [6.45, 7) is 0.521. The molecule has 1 aromatic rings. The molecule has 1 N–H and O–H groups in total. The number of rotatable bonds is 4. The van der Waals surface area contributed by atoms with Crippen LogP contribution in [-0.4, -0.2) is 47.9 Å². The van der Waals surface area contributed by atoms with Crippen molar-refractivity contribution in [3.05, 3.63) is 35.9 Å². The summed E-state index contributed by atoms with van der Waals surface area (Å²) >= 11 is 0. The normalized spacial score (nSPS) is 19.1. The van der Waals surface area contributed by atoms with Gasteiger partial charge >= 0.3 is 12.1 Å². The number of ether oxygens (including phenoxy) is 2. The SMILES string of the molecule is O=C1CN(C(=O)O)CC(COCc2ccccc2)O1. The summed E-state index contributed by atoms with van der Waals surface area (Å²) in [6.07, 6.45) is -1.66. The summed E-state index contributed by atoms with van der Waals surface area (Å²) < 4.78 is 10.5. The van der Waals surface area contributed by atoms with E-state index < -0.39 is 18.2 Å². The van der Waals surface area contributed by atoms with Gasteiger partial charge in [0.1, 0.15) is 12.6 Å². The molecule has 1 aromatic carbocycles. The third-order valence-corrected chi connectivity index (χ3v) is 2.73. The number of carboxylic acid groups (broad SMARTS) is 1. The minimum Gasteiger partial charge on any atom is -0.465 e. The first-order chi connectivity index (χ1) is 9.15. The largest absolute Gasteiger partial charge is 0.465 e. The van der Waals surface area contributed by atoms with Crippen molar-refractivity contribution in [2.45, 2.75) is 12.7 Å². The predicted molar refractivity (Wildman–Crippen MR) is 65.6 cm³/mol. The van der Waals surface area contributed by atoms with Crippen LogP contribution in [-0.2, 0) is 20.9 Å². The van der Waals surface area contributed by atoms with Crippen molar-refractivity contribution in [1.29, 1.82) is 0 Å². The Kier molecular flexibility index (Phi) is 4.35. The van der Waals surface area contributed by atoms with Gasteiger partial charge in [0, 0.05) is 0 Å². The Morgan fingerprint density at radius 1 is 1.42 bits per heavy atom. The molecule has 1 aliphatic heterocycles. The molecule has 102 valence electrons. The molecule has 6 nitrogen and oxygen atoms in total. The molecule has 0 aromatic heterocycles. The van der Waals surface area contributed by atoms with E-state index in [1.807, 2.05) is 30.3 Å². The second-order valence-electron chi connectivity index (χ2n) is 4.28. The van der Waals surface area contributed by atoms with Gasteiger partial charge in [0.2, 0.25) is 0 Å². The van der Waals surface area contributed by atoms with Crippen LogP contribution >= 0.6 is 0 Å². The summed E-state index contributed by atoms with van der Waals surface area (Å²) in [5, 5.41) is 8.85. The molecule has 0 aliphatic carbocycles. The number of cyclic esters (lactones) is 1. The highest BCUT2D eigenvalue weighted by molar-refractivity contribution is 5.78. The zero-order valence-corrected chi connectivity index (χ0v) is 10.3. The Morgan fingerprint density at radius 3 is 2.84 bits per heavy atom. The molecule has 1 saturated heterocycles. The van der Waals surface area contributed by atoms with Crippen LogP contribution in [0.15, 0.2) is 30.3 Å². The van der Waals surface area contributed by atoms with Crippen molar-refractivity contribution in [1.82, 2.24) is 4.90 Å². The number of amides is 1. The van der Waals surface area contributed by atoms with E-state index >= 15 is 0 Å². The summed E-state index contributed by atoms with van der Waals surface area (Å²) in [5.74, 6) is -0.540. The smallest absolute Gasteiger partial charge is 0.407 e. The van der Waals surface area contributed by atoms with Crippen molar-refractivity contribution in [3.63, 3.8) is 0 Å². The molecule has 2 rings (SSSR count). The average Bonchev–Trinajstić information content (AvgIpc) is 2.39. The van der Waals surface area contributed by atoms with Crippen LogP contribution in [0.1, 0.15) is 5.56 Å². The molecular formula is C13H15NO5. The quantitative estimate of drug-likeness (QED) is 0.825. The van der Waals surface area contributed by atoms with E-state index in [4.69, 9.17) is 14.6 Å². The van der Waals surface area contributed by atoms with Crippen LogP contribution < -0.4 is 0 Å². The Balaban J connectivity index is 1.79. The highest BCUT2D eigenvalue weighted by Crippen LogP contribution is 2.08. The zero-order valence-electron chi connectivity index (χ0n) is 10.3. The molecule has 19 heavy (non-hydrogen) atoms. The fourth-order valence-corrected chi connectivity index (χ4v) is 1.84. The minimum atomic E-state index is -1.12. The first-order valence-electron chi connectivity index (χ1n) is 5.94. The predicted octanol–water partition coefficient (Wildman–Crippen LogP) is 1.11. The monoisotopic (exact) mass is 265 g/mol. The van der Waals surface area contributed by atoms with Crippen LogP contribution in [0.5, 0.6) is 0 Å². The van der Waals surface area contributed by atoms with Crippen LogP contribution in [0.25, 0.3) is 0 Å². The Bertz CT molecular complexity index is 448. The van der Waals surface area contributed by atoms with Crippen molar-refractivity contribution in [2.75, 3.05) is 19.7 Å². The number of nitrogens with zero attached hydrogens (tertiary/aromatic N) is 1. The molecule has 1 unspecified atom stereocenters. The van der Waals surface area contributed by atoms with Crippen molar-refractivity contribution in [3.8, 4) is 0 Å². The van der Waals surface area contributed by atoms with Gasteiger partial charge in [0.25, 0.3) is 0 Å². The maximum atomic E-state index is 11.2. The van der Waals surface area contributed by atoms with Crippen molar-refractivity contribution < 1.29 is 24.2 Å². The standard InChI is InChI=1S/C13H15NO5/c15-12-7-14(13(16)17)6-11(19-12)9-18-8-10-4-2-1-3-5-10/h1-5,11H,6-9H2,(H,16,17). The lowest BCUT2D eigenvalue weighted by atomic mass is 10.2. The zero-order chi connectivity index (χ0) is 13.7. The molecule has 1 heterocycles. The number of hydrogen-bond donors (Lipinski definition) is 1. The van der Waals surface area contributed by atoms with Crippen LogP contribution in [0.2, 0.25) is 0 Å². The van der Waals surface area contributed by atoms with E-state index in [0.717, 1.165) is 10.5 Å². The van der Waals surface area contributed by atoms with Crippen LogP contribution in [0.3, 0.4) is 0 Å². The van der Waals surface area contributed by atoms with Gasteiger partial charge in [-0.15, -0.1) is 0 Å². The van der Waals surface area contributed by atoms with E-state index in [9.17, 15) is 9.59 Å². The second kappa shape index (κ2) is 6.19. The van der Waals surface area contributed by atoms with Crippen molar-refractivity contribution in [2.24, 2.45) is 0 Å². The van der Waals surface area contributed by atoms with Gasteiger partial charge < -0.3 is 14.6 Å². The van der Waals surface area contributed by atoms with E-state index in [0.29, 0.717) is 6.61 Å². The summed E-state index contributed by atoms with van der Waals surface area (Å²) in [7, 11) is 0. The van der Waals surface area contributed by atoms with E-state index in [1.165, 1.54) is 0 Å². The third-order valence-electron chi connectivity index (χ3n) is 2.73. The highest BCUT2D eigenvalue weighted by Gasteiger charge is 2.29. The fraction of sp³-hybridized carbons (Fsp3) is 0.385. The van der Waals surface area contributed by atoms with Crippen LogP contribution in [0.4, 0.5) is 4.79 Å². The molecule has 1 amide bonds. The second-order valence-corrected chi connectivity index (χ2v) is 4.28. The van der Waals surface area contributed by atoms with Gasteiger partial charge in [-0.05, 0) is 5.56 Å². The van der Waals surface area contributed by atoms with Crippen molar-refractivity contribution >= 4 is 12.1 Å². The van der Waals surface area contributed by atoms with Gasteiger partial charge in [-0.2, -0.15) is 0 Å². The number of hydrogen-bond acceptors (Lipinski definition) is 4. The molecule has 1 fully saturated rings. The maximum absolute atomic E-state index is 11.2. The molecule has 0 spiro atoms. The fourth-order valence-electron chi connectivity index (χ4n) is 1.84. The molecule has 1 aliphatic rings. The van der Waals surface area contributed by atoms with Gasteiger partial charge in [-0.1, -0.05) is 30.3 Å². The molecule has 6 heteroatoms. The first-order valence-corrected chi connectivity index (χ1v) is 5.94. The molecule has 0 bridgehead atoms. The van der Waals surface area contributed by atoms with Gasteiger partial charge in [0.05, 0.1) is 19.8 Å².